The molecule has 1 saturated carbocycles. The Bertz CT molecular complexity index is 631. The number of hydrogen-bond acceptors (Lipinski definition) is 1. The van der Waals surface area contributed by atoms with Crippen LogP contribution in [0.4, 0.5) is 0 Å². The topological polar surface area (TPSA) is 37.3 Å². The van der Waals surface area contributed by atoms with Crippen molar-refractivity contribution < 1.29 is 9.90 Å². The van der Waals surface area contributed by atoms with Gasteiger partial charge in [-0.05, 0) is 17.5 Å². The quantitative estimate of drug-likeness (QED) is 0.907. The van der Waals surface area contributed by atoms with Crippen LogP contribution in [0.15, 0.2) is 66.7 Å². The molecule has 0 aliphatic heterocycles. The Balaban J connectivity index is 1.85. The molecule has 2 heteroatoms. The van der Waals surface area contributed by atoms with E-state index in [4.69, 9.17) is 0 Å². The molecule has 2 aromatic carbocycles. The number of carboxylic acids is 1. The Morgan fingerprint density at radius 3 is 2.25 bits per heavy atom. The Kier molecular flexibility index (Phi) is 3.15. The minimum atomic E-state index is -0.739. The van der Waals surface area contributed by atoms with Crippen molar-refractivity contribution in [2.75, 3.05) is 0 Å². The van der Waals surface area contributed by atoms with Gasteiger partial charge in [-0.2, -0.15) is 0 Å². The van der Waals surface area contributed by atoms with Gasteiger partial charge in [0.25, 0.3) is 0 Å². The van der Waals surface area contributed by atoms with E-state index in [-0.39, 0.29) is 5.92 Å². The highest BCUT2D eigenvalue weighted by molar-refractivity contribution is 5.84. The molecule has 0 radical (unpaired) electrons. The van der Waals surface area contributed by atoms with Crippen LogP contribution in [0.1, 0.15) is 23.5 Å². The highest BCUT2D eigenvalue weighted by Gasteiger charge is 2.59. The third kappa shape index (κ3) is 2.25. The molecule has 0 aromatic heterocycles. The monoisotopic (exact) mass is 264 g/mol. The summed E-state index contributed by atoms with van der Waals surface area (Å²) in [5, 5.41) is 9.56. The Morgan fingerprint density at radius 2 is 1.65 bits per heavy atom. The number of carboxylic acid groups (broad SMARTS) is 1. The van der Waals surface area contributed by atoms with E-state index in [1.807, 2.05) is 72.8 Å². The first-order chi connectivity index (χ1) is 9.72. The zero-order valence-corrected chi connectivity index (χ0v) is 11.1. The molecule has 2 nitrogen and oxygen atoms in total. The first-order valence-corrected chi connectivity index (χ1v) is 6.75. The van der Waals surface area contributed by atoms with Gasteiger partial charge in [-0.3, -0.25) is 4.79 Å². The summed E-state index contributed by atoms with van der Waals surface area (Å²) >= 11 is 0. The predicted molar refractivity (Wildman–Crippen MR) is 79.3 cm³/mol. The van der Waals surface area contributed by atoms with Gasteiger partial charge in [-0.15, -0.1) is 0 Å². The molecule has 0 amide bonds. The average Bonchev–Trinajstić information content (AvgIpc) is 3.23. The summed E-state index contributed by atoms with van der Waals surface area (Å²) in [6.07, 6.45) is 4.44. The van der Waals surface area contributed by atoms with Gasteiger partial charge in [0.15, 0.2) is 0 Å². The third-order valence-electron chi connectivity index (χ3n) is 3.98. The predicted octanol–water partition coefficient (Wildman–Crippen LogP) is 3.96. The molecule has 100 valence electrons. The molecule has 2 atom stereocenters. The van der Waals surface area contributed by atoms with Crippen LogP contribution in [0.5, 0.6) is 0 Å². The first-order valence-electron chi connectivity index (χ1n) is 6.75. The lowest BCUT2D eigenvalue weighted by Gasteiger charge is -2.07. The van der Waals surface area contributed by atoms with E-state index >= 15 is 0 Å². The summed E-state index contributed by atoms with van der Waals surface area (Å²) < 4.78 is 0. The number of aliphatic carboxylic acids is 1. The van der Waals surface area contributed by atoms with E-state index in [0.717, 1.165) is 11.1 Å². The molecular weight excluding hydrogens is 248 g/mol. The van der Waals surface area contributed by atoms with Gasteiger partial charge in [0.2, 0.25) is 0 Å². The van der Waals surface area contributed by atoms with Gasteiger partial charge in [0, 0.05) is 5.92 Å². The molecule has 2 aromatic rings. The average molecular weight is 264 g/mol. The minimum Gasteiger partial charge on any atom is -0.481 e. The zero-order valence-electron chi connectivity index (χ0n) is 11.1. The highest BCUT2D eigenvalue weighted by atomic mass is 16.4. The maximum atomic E-state index is 11.6. The summed E-state index contributed by atoms with van der Waals surface area (Å²) in [6, 6.07) is 19.7. The molecule has 0 heterocycles. The van der Waals surface area contributed by atoms with Gasteiger partial charge in [-0.25, -0.2) is 0 Å². The van der Waals surface area contributed by atoms with Crippen LogP contribution in [0.3, 0.4) is 0 Å². The lowest BCUT2D eigenvalue weighted by atomic mass is 9.97. The van der Waals surface area contributed by atoms with E-state index < -0.39 is 11.4 Å². The molecule has 3 rings (SSSR count). The maximum Gasteiger partial charge on any atom is 0.314 e. The fourth-order valence-corrected chi connectivity index (χ4v) is 2.68. The molecular formula is C18H16O2. The third-order valence-corrected chi connectivity index (χ3v) is 3.98. The maximum absolute atomic E-state index is 11.6. The number of benzene rings is 2. The smallest absolute Gasteiger partial charge is 0.314 e. The lowest BCUT2D eigenvalue weighted by molar-refractivity contribution is -0.141. The second kappa shape index (κ2) is 4.97. The van der Waals surface area contributed by atoms with Crippen LogP contribution >= 0.6 is 0 Å². The van der Waals surface area contributed by atoms with Crippen LogP contribution in [0, 0.1) is 5.41 Å². The van der Waals surface area contributed by atoms with Crippen LogP contribution in [-0.4, -0.2) is 11.1 Å². The number of rotatable bonds is 4. The fraction of sp³-hybridized carbons (Fsp3) is 0.167. The summed E-state index contributed by atoms with van der Waals surface area (Å²) in [4.78, 5) is 11.6. The van der Waals surface area contributed by atoms with E-state index in [9.17, 15) is 9.90 Å². The molecule has 1 N–H and O–H groups in total. The Hall–Kier alpha value is -2.35. The highest BCUT2D eigenvalue weighted by Crippen LogP contribution is 2.60. The van der Waals surface area contributed by atoms with Crippen molar-refractivity contribution in [2.24, 2.45) is 5.41 Å². The van der Waals surface area contributed by atoms with Crippen molar-refractivity contribution in [2.45, 2.75) is 12.3 Å². The molecule has 20 heavy (non-hydrogen) atoms. The first kappa shape index (κ1) is 12.7. The van der Waals surface area contributed by atoms with E-state index in [1.165, 1.54) is 0 Å². The SMILES string of the molecule is O=C(O)[C@@]1(/C=C/c2ccccc2)C[C@@H]1c1ccccc1. The summed E-state index contributed by atoms with van der Waals surface area (Å²) in [5.41, 5.74) is 1.40. The second-order valence-electron chi connectivity index (χ2n) is 5.26. The molecule has 1 aliphatic carbocycles. The van der Waals surface area contributed by atoms with Gasteiger partial charge in [0.1, 0.15) is 0 Å². The van der Waals surface area contributed by atoms with Gasteiger partial charge < -0.3 is 5.11 Å². The van der Waals surface area contributed by atoms with Gasteiger partial charge in [-0.1, -0.05) is 72.8 Å². The zero-order chi connectivity index (χ0) is 14.0. The molecule has 1 fully saturated rings. The van der Waals surface area contributed by atoms with E-state index in [2.05, 4.69) is 0 Å². The fourth-order valence-electron chi connectivity index (χ4n) is 2.68. The van der Waals surface area contributed by atoms with Crippen molar-refractivity contribution in [3.05, 3.63) is 77.9 Å². The standard InChI is InChI=1S/C18H16O2/c19-17(20)18(12-11-14-7-3-1-4-8-14)13-16(18)15-9-5-2-6-10-15/h1-12,16H,13H2,(H,19,20)/b12-11+/t16-,18+/m1/s1. The summed E-state index contributed by atoms with van der Waals surface area (Å²) in [7, 11) is 0. The second-order valence-corrected chi connectivity index (χ2v) is 5.26. The molecule has 0 spiro atoms. The van der Waals surface area contributed by atoms with Crippen molar-refractivity contribution in [1.82, 2.24) is 0 Å². The molecule has 0 bridgehead atoms. The lowest BCUT2D eigenvalue weighted by Crippen LogP contribution is -2.14. The number of carbonyl (C=O) groups is 1. The number of hydrogen-bond donors (Lipinski definition) is 1. The summed E-state index contributed by atoms with van der Waals surface area (Å²) in [6.45, 7) is 0. The van der Waals surface area contributed by atoms with Gasteiger partial charge >= 0.3 is 5.97 Å². The molecule has 0 unspecified atom stereocenters. The minimum absolute atomic E-state index is 0.0844. The Morgan fingerprint density at radius 1 is 1.05 bits per heavy atom. The van der Waals surface area contributed by atoms with Crippen molar-refractivity contribution in [3.8, 4) is 0 Å². The van der Waals surface area contributed by atoms with Crippen LogP contribution in [-0.2, 0) is 4.79 Å². The van der Waals surface area contributed by atoms with Crippen molar-refractivity contribution in [3.63, 3.8) is 0 Å². The van der Waals surface area contributed by atoms with Crippen LogP contribution in [0.25, 0.3) is 6.08 Å². The Labute approximate surface area is 118 Å². The largest absolute Gasteiger partial charge is 0.481 e. The van der Waals surface area contributed by atoms with Crippen molar-refractivity contribution >= 4 is 12.0 Å². The van der Waals surface area contributed by atoms with E-state index in [0.29, 0.717) is 6.42 Å². The van der Waals surface area contributed by atoms with Crippen LogP contribution < -0.4 is 0 Å². The normalized spacial score (nSPS) is 24.7. The van der Waals surface area contributed by atoms with E-state index in [1.54, 1.807) is 0 Å². The van der Waals surface area contributed by atoms with Gasteiger partial charge in [0.05, 0.1) is 5.41 Å². The van der Waals surface area contributed by atoms with Crippen molar-refractivity contribution in [1.29, 1.82) is 0 Å². The molecule has 1 aliphatic rings. The molecule has 0 saturated heterocycles. The van der Waals surface area contributed by atoms with Crippen LogP contribution in [0.2, 0.25) is 0 Å². The summed E-state index contributed by atoms with van der Waals surface area (Å²) in [5.74, 6) is -0.653.